The van der Waals surface area contributed by atoms with Gasteiger partial charge in [0.25, 0.3) is 5.91 Å². The molecule has 1 saturated carbocycles. The predicted octanol–water partition coefficient (Wildman–Crippen LogP) is 3.56. The molecule has 1 aromatic carbocycles. The maximum atomic E-state index is 13.5. The summed E-state index contributed by atoms with van der Waals surface area (Å²) in [6.07, 6.45) is -1.13. The van der Waals surface area contributed by atoms with E-state index in [9.17, 15) is 22.8 Å². The molecule has 0 radical (unpaired) electrons. The number of rotatable bonds is 4. The molecule has 1 N–H and O–H groups in total. The van der Waals surface area contributed by atoms with Crippen molar-refractivity contribution in [3.05, 3.63) is 29.6 Å². The second-order valence-corrected chi connectivity index (χ2v) is 6.96. The van der Waals surface area contributed by atoms with Gasteiger partial charge in [0.1, 0.15) is 9.75 Å². The molecular weight excluding hydrogens is 358 g/mol. The third kappa shape index (κ3) is 3.26. The number of hydrogen-bond acceptors (Lipinski definition) is 3. The van der Waals surface area contributed by atoms with Crippen LogP contribution in [-0.2, 0) is 14.3 Å². The topological polar surface area (TPSA) is 55.4 Å². The molecule has 2 rings (SSSR count). The zero-order chi connectivity index (χ0) is 17.6. The normalized spacial score (nSPS) is 23.1. The number of halogens is 5. The average Bonchev–Trinajstić information content (AvgIpc) is 2.99. The van der Waals surface area contributed by atoms with Gasteiger partial charge in [-0.25, -0.2) is 13.2 Å². The molecule has 0 saturated heterocycles. The summed E-state index contributed by atoms with van der Waals surface area (Å²) >= 11 is 11.7. The van der Waals surface area contributed by atoms with Crippen LogP contribution in [0.5, 0.6) is 0 Å². The van der Waals surface area contributed by atoms with Gasteiger partial charge < -0.3 is 10.1 Å². The zero-order valence-corrected chi connectivity index (χ0v) is 13.6. The largest absolute Gasteiger partial charge is 0.452 e. The number of hydrogen-bond donors (Lipinski definition) is 1. The van der Waals surface area contributed by atoms with Crippen molar-refractivity contribution in [1.82, 2.24) is 0 Å². The van der Waals surface area contributed by atoms with Gasteiger partial charge in [-0.15, -0.1) is 23.2 Å². The lowest BCUT2D eigenvalue weighted by molar-refractivity contribution is -0.158. The van der Waals surface area contributed by atoms with E-state index < -0.39 is 50.9 Å². The maximum Gasteiger partial charge on any atom is 0.315 e. The molecule has 0 aromatic heterocycles. The van der Waals surface area contributed by atoms with Gasteiger partial charge >= 0.3 is 5.97 Å². The van der Waals surface area contributed by atoms with E-state index in [1.54, 1.807) is 0 Å². The molecule has 0 aliphatic heterocycles. The van der Waals surface area contributed by atoms with Crippen LogP contribution in [0.3, 0.4) is 0 Å². The first-order chi connectivity index (χ1) is 10.5. The Bertz CT molecular complexity index is 683. The highest BCUT2D eigenvalue weighted by molar-refractivity contribution is 6.53. The highest BCUT2D eigenvalue weighted by Crippen LogP contribution is 2.64. The van der Waals surface area contributed by atoms with Crippen molar-refractivity contribution in [1.29, 1.82) is 0 Å². The van der Waals surface area contributed by atoms with Crippen LogP contribution in [-0.4, -0.2) is 22.3 Å². The Kier molecular flexibility index (Phi) is 4.56. The second kappa shape index (κ2) is 5.87. The summed E-state index contributed by atoms with van der Waals surface area (Å²) in [5.41, 5.74) is -1.70. The number of ether oxygens (including phenoxy) is 1. The number of anilines is 1. The van der Waals surface area contributed by atoms with Gasteiger partial charge in [-0.3, -0.25) is 9.59 Å². The zero-order valence-electron chi connectivity index (χ0n) is 12.1. The fraction of sp³-hybridized carbons (Fsp3) is 0.429. The van der Waals surface area contributed by atoms with Crippen molar-refractivity contribution >= 4 is 40.8 Å². The molecule has 9 heteroatoms. The van der Waals surface area contributed by atoms with Gasteiger partial charge in [-0.05, 0) is 26.0 Å². The van der Waals surface area contributed by atoms with Gasteiger partial charge in [0.15, 0.2) is 23.6 Å². The van der Waals surface area contributed by atoms with Gasteiger partial charge in [0.05, 0.1) is 5.69 Å². The fourth-order valence-corrected chi connectivity index (χ4v) is 2.51. The number of amides is 1. The van der Waals surface area contributed by atoms with E-state index in [1.165, 1.54) is 13.8 Å². The molecular formula is C14H12Cl2F3NO3. The highest BCUT2D eigenvalue weighted by atomic mass is 35.5. The monoisotopic (exact) mass is 369 g/mol. The molecule has 1 aliphatic rings. The molecule has 0 unspecified atom stereocenters. The Morgan fingerprint density at radius 1 is 1.26 bits per heavy atom. The molecule has 4 nitrogen and oxygen atoms in total. The molecule has 1 aromatic rings. The van der Waals surface area contributed by atoms with Crippen LogP contribution in [0.25, 0.3) is 0 Å². The average molecular weight is 370 g/mol. The number of benzene rings is 1. The summed E-state index contributed by atoms with van der Waals surface area (Å²) in [6.45, 7) is 2.72. The van der Waals surface area contributed by atoms with Gasteiger partial charge in [0.2, 0.25) is 0 Å². The first-order valence-electron chi connectivity index (χ1n) is 6.53. The standard InChI is InChI=1S/C14H12Cl2F3NO3/c1-6(23-12(22)13(2)5-14(13,15)16)11(21)20-8-4-3-7(17)9(18)10(8)19/h3-4,6H,5H2,1-2H3,(H,20,21)/t6-,13+/m1/s1. The number of carbonyl (C=O) groups excluding carboxylic acids is 2. The minimum atomic E-state index is -1.72. The summed E-state index contributed by atoms with van der Waals surface area (Å²) in [5.74, 6) is -6.35. The summed E-state index contributed by atoms with van der Waals surface area (Å²) < 4.78 is 43.1. The Labute approximate surface area is 139 Å². The Hall–Kier alpha value is -1.47. The predicted molar refractivity (Wildman–Crippen MR) is 77.7 cm³/mol. The lowest BCUT2D eigenvalue weighted by Gasteiger charge is -2.17. The number of carbonyl (C=O) groups is 2. The molecule has 1 fully saturated rings. The third-order valence-corrected chi connectivity index (χ3v) is 4.76. The van der Waals surface area contributed by atoms with E-state index in [1.807, 2.05) is 5.32 Å². The van der Waals surface area contributed by atoms with Crippen molar-refractivity contribution in [2.24, 2.45) is 5.41 Å². The molecule has 2 atom stereocenters. The van der Waals surface area contributed by atoms with Crippen molar-refractivity contribution in [2.45, 2.75) is 30.7 Å². The second-order valence-electron chi connectivity index (χ2n) is 5.47. The SMILES string of the molecule is C[C@@H](OC(=O)[C@]1(C)CC1(Cl)Cl)C(=O)Nc1ccc(F)c(F)c1F. The van der Waals surface area contributed by atoms with Gasteiger partial charge in [-0.2, -0.15) is 0 Å². The minimum absolute atomic E-state index is 0.175. The van der Waals surface area contributed by atoms with Crippen LogP contribution >= 0.6 is 23.2 Å². The van der Waals surface area contributed by atoms with Crippen LogP contribution in [0.2, 0.25) is 0 Å². The van der Waals surface area contributed by atoms with E-state index in [0.717, 1.165) is 6.07 Å². The van der Waals surface area contributed by atoms with Crippen LogP contribution in [0.1, 0.15) is 20.3 Å². The molecule has 0 heterocycles. The Balaban J connectivity index is 2.01. The van der Waals surface area contributed by atoms with Crippen LogP contribution in [0.4, 0.5) is 18.9 Å². The van der Waals surface area contributed by atoms with E-state index >= 15 is 0 Å². The maximum absolute atomic E-state index is 13.5. The summed E-state index contributed by atoms with van der Waals surface area (Å²) in [6, 6.07) is 1.51. The van der Waals surface area contributed by atoms with Gasteiger partial charge in [-0.1, -0.05) is 0 Å². The summed E-state index contributed by atoms with van der Waals surface area (Å²) in [7, 11) is 0. The lowest BCUT2D eigenvalue weighted by Crippen LogP contribution is -2.33. The molecule has 0 spiro atoms. The van der Waals surface area contributed by atoms with Crippen molar-refractivity contribution in [3.8, 4) is 0 Å². The van der Waals surface area contributed by atoms with Gasteiger partial charge in [0, 0.05) is 6.42 Å². The first-order valence-corrected chi connectivity index (χ1v) is 7.28. The summed E-state index contributed by atoms with van der Waals surface area (Å²) in [5, 5.41) is 2.01. The molecule has 126 valence electrons. The number of alkyl halides is 2. The molecule has 1 aliphatic carbocycles. The van der Waals surface area contributed by atoms with E-state index in [2.05, 4.69) is 0 Å². The van der Waals surface area contributed by atoms with Crippen molar-refractivity contribution < 1.29 is 27.5 Å². The van der Waals surface area contributed by atoms with Crippen molar-refractivity contribution in [2.75, 3.05) is 5.32 Å². The smallest absolute Gasteiger partial charge is 0.315 e. The molecule has 23 heavy (non-hydrogen) atoms. The van der Waals surface area contributed by atoms with E-state index in [4.69, 9.17) is 27.9 Å². The lowest BCUT2D eigenvalue weighted by atomic mass is 10.1. The fourth-order valence-electron chi connectivity index (χ4n) is 1.82. The van der Waals surface area contributed by atoms with Crippen molar-refractivity contribution in [3.63, 3.8) is 0 Å². The minimum Gasteiger partial charge on any atom is -0.452 e. The third-order valence-electron chi connectivity index (χ3n) is 3.65. The molecule has 1 amide bonds. The van der Waals surface area contributed by atoms with Crippen LogP contribution in [0, 0.1) is 22.9 Å². The number of nitrogens with one attached hydrogen (secondary N) is 1. The summed E-state index contributed by atoms with van der Waals surface area (Å²) in [4.78, 5) is 23.8. The first kappa shape index (κ1) is 17.9. The molecule has 0 bridgehead atoms. The highest BCUT2D eigenvalue weighted by Gasteiger charge is 2.69. The van der Waals surface area contributed by atoms with Crippen LogP contribution in [0.15, 0.2) is 12.1 Å². The van der Waals surface area contributed by atoms with E-state index in [-0.39, 0.29) is 6.42 Å². The number of esters is 1. The quantitative estimate of drug-likeness (QED) is 0.501. The Morgan fingerprint density at radius 3 is 2.35 bits per heavy atom. The van der Waals surface area contributed by atoms with E-state index in [0.29, 0.717) is 6.07 Å². The van der Waals surface area contributed by atoms with Crippen LogP contribution < -0.4 is 5.32 Å². The Morgan fingerprint density at radius 2 is 1.83 bits per heavy atom.